The van der Waals surface area contributed by atoms with Crippen LogP contribution < -0.4 is 5.32 Å². The lowest BCUT2D eigenvalue weighted by atomic mass is 10.0. The fourth-order valence-electron chi connectivity index (χ4n) is 2.80. The second-order valence-electron chi connectivity index (χ2n) is 6.49. The number of aryl methyl sites for hydroxylation is 1. The zero-order valence-corrected chi connectivity index (χ0v) is 14.3. The van der Waals surface area contributed by atoms with Crippen molar-refractivity contribution >= 4 is 11.6 Å². The maximum Gasteiger partial charge on any atom is 0.226 e. The molecule has 6 heteroatoms. The maximum absolute atomic E-state index is 12.5. The van der Waals surface area contributed by atoms with Gasteiger partial charge in [-0.3, -0.25) is 4.79 Å². The summed E-state index contributed by atoms with van der Waals surface area (Å²) < 4.78 is 3.97. The van der Waals surface area contributed by atoms with Gasteiger partial charge in [-0.25, -0.2) is 9.97 Å². The molecular formula is C18H23N5O. The van der Waals surface area contributed by atoms with Gasteiger partial charge in [0.25, 0.3) is 0 Å². The van der Waals surface area contributed by atoms with Crippen LogP contribution in [-0.4, -0.2) is 30.9 Å². The van der Waals surface area contributed by atoms with Crippen LogP contribution in [0, 0.1) is 12.8 Å². The molecule has 0 saturated heterocycles. The molecule has 0 radical (unpaired) electrons. The Morgan fingerprint density at radius 2 is 2.17 bits per heavy atom. The Labute approximate surface area is 141 Å². The monoisotopic (exact) mass is 325 g/mol. The van der Waals surface area contributed by atoms with Crippen molar-refractivity contribution in [2.24, 2.45) is 5.92 Å². The fourth-order valence-corrected chi connectivity index (χ4v) is 2.80. The lowest BCUT2D eigenvalue weighted by molar-refractivity contribution is -0.121. The lowest BCUT2D eigenvalue weighted by Gasteiger charge is -2.22. The highest BCUT2D eigenvalue weighted by molar-refractivity contribution is 5.78. The van der Waals surface area contributed by atoms with Gasteiger partial charge in [-0.05, 0) is 24.5 Å². The summed E-state index contributed by atoms with van der Waals surface area (Å²) in [6, 6.07) is 4.06. The summed E-state index contributed by atoms with van der Waals surface area (Å²) in [5.41, 5.74) is 2.90. The van der Waals surface area contributed by atoms with Gasteiger partial charge in [0.05, 0.1) is 18.4 Å². The Morgan fingerprint density at radius 3 is 2.88 bits per heavy atom. The molecule has 0 aliphatic heterocycles. The Bertz CT molecular complexity index is 819. The Morgan fingerprint density at radius 1 is 1.33 bits per heavy atom. The SMILES string of the molecule is Cc1cccn2c(CC(=O)NC(Cn3ccnc3)C(C)C)cnc12. The third kappa shape index (κ3) is 3.48. The summed E-state index contributed by atoms with van der Waals surface area (Å²) in [6.07, 6.45) is 9.48. The number of imidazole rings is 2. The summed E-state index contributed by atoms with van der Waals surface area (Å²) in [4.78, 5) is 21.0. The molecule has 0 aromatic carbocycles. The predicted molar refractivity (Wildman–Crippen MR) is 92.6 cm³/mol. The number of hydrogen-bond donors (Lipinski definition) is 1. The van der Waals surface area contributed by atoms with E-state index in [2.05, 4.69) is 29.1 Å². The number of fused-ring (bicyclic) bond motifs is 1. The Balaban J connectivity index is 1.70. The van der Waals surface area contributed by atoms with Crippen molar-refractivity contribution in [3.63, 3.8) is 0 Å². The minimum atomic E-state index is 0.0112. The molecule has 24 heavy (non-hydrogen) atoms. The van der Waals surface area contributed by atoms with Crippen LogP contribution in [0.2, 0.25) is 0 Å². The predicted octanol–water partition coefficient (Wildman–Crippen LogP) is 2.22. The molecule has 3 aromatic heterocycles. The summed E-state index contributed by atoms with van der Waals surface area (Å²) in [6.45, 7) is 6.96. The number of carbonyl (C=O) groups is 1. The number of nitrogens with zero attached hydrogens (tertiary/aromatic N) is 4. The third-order valence-electron chi connectivity index (χ3n) is 4.27. The second-order valence-corrected chi connectivity index (χ2v) is 6.49. The van der Waals surface area contributed by atoms with Crippen molar-refractivity contribution < 1.29 is 4.79 Å². The van der Waals surface area contributed by atoms with Crippen molar-refractivity contribution in [3.05, 3.63) is 54.5 Å². The average Bonchev–Trinajstić information content (AvgIpc) is 3.18. The zero-order valence-electron chi connectivity index (χ0n) is 14.3. The van der Waals surface area contributed by atoms with Gasteiger partial charge in [-0.2, -0.15) is 0 Å². The number of nitrogens with one attached hydrogen (secondary N) is 1. The molecule has 0 spiro atoms. The first-order valence-corrected chi connectivity index (χ1v) is 8.21. The quantitative estimate of drug-likeness (QED) is 0.756. The molecular weight excluding hydrogens is 302 g/mol. The first kappa shape index (κ1) is 16.2. The molecule has 0 aliphatic carbocycles. The third-order valence-corrected chi connectivity index (χ3v) is 4.27. The summed E-state index contributed by atoms with van der Waals surface area (Å²) >= 11 is 0. The topological polar surface area (TPSA) is 64.2 Å². The summed E-state index contributed by atoms with van der Waals surface area (Å²) in [5, 5.41) is 3.14. The van der Waals surface area contributed by atoms with Crippen LogP contribution in [0.1, 0.15) is 25.1 Å². The molecule has 1 N–H and O–H groups in total. The summed E-state index contributed by atoms with van der Waals surface area (Å²) in [7, 11) is 0. The van der Waals surface area contributed by atoms with Crippen LogP contribution in [0.25, 0.3) is 5.65 Å². The highest BCUT2D eigenvalue weighted by Crippen LogP contribution is 2.12. The van der Waals surface area contributed by atoms with E-state index in [1.165, 1.54) is 0 Å². The minimum Gasteiger partial charge on any atom is -0.351 e. The molecule has 3 aromatic rings. The number of pyridine rings is 1. The Kier molecular flexibility index (Phi) is 4.64. The van der Waals surface area contributed by atoms with E-state index in [1.54, 1.807) is 18.7 Å². The first-order chi connectivity index (χ1) is 11.5. The van der Waals surface area contributed by atoms with Gasteiger partial charge in [-0.15, -0.1) is 0 Å². The van der Waals surface area contributed by atoms with Gasteiger partial charge in [-0.1, -0.05) is 19.9 Å². The van der Waals surface area contributed by atoms with E-state index in [4.69, 9.17) is 0 Å². The number of carbonyl (C=O) groups excluding carboxylic acids is 1. The van der Waals surface area contributed by atoms with E-state index in [9.17, 15) is 4.79 Å². The van der Waals surface area contributed by atoms with Gasteiger partial charge in [0, 0.05) is 37.4 Å². The highest BCUT2D eigenvalue weighted by Gasteiger charge is 2.18. The summed E-state index contributed by atoms with van der Waals surface area (Å²) in [5.74, 6) is 0.345. The standard InChI is InChI=1S/C18H23N5O/c1-13(2)16(11-22-8-6-19-12-22)21-17(24)9-15-10-20-18-14(3)5-4-7-23(15)18/h4-8,10,12-13,16H,9,11H2,1-3H3,(H,21,24). The first-order valence-electron chi connectivity index (χ1n) is 8.21. The van der Waals surface area contributed by atoms with Gasteiger partial charge in [0.15, 0.2) is 0 Å². The number of amides is 1. The van der Waals surface area contributed by atoms with E-state index < -0.39 is 0 Å². The molecule has 6 nitrogen and oxygen atoms in total. The normalized spacial score (nSPS) is 12.7. The van der Waals surface area contributed by atoms with Gasteiger partial charge >= 0.3 is 0 Å². The van der Waals surface area contributed by atoms with Crippen molar-refractivity contribution in [1.82, 2.24) is 24.3 Å². The number of rotatable bonds is 6. The second kappa shape index (κ2) is 6.86. The molecule has 0 bridgehead atoms. The van der Waals surface area contributed by atoms with Crippen LogP contribution >= 0.6 is 0 Å². The molecule has 0 aliphatic rings. The average molecular weight is 325 g/mol. The van der Waals surface area contributed by atoms with E-state index in [-0.39, 0.29) is 11.9 Å². The molecule has 3 heterocycles. The molecule has 0 fully saturated rings. The zero-order chi connectivity index (χ0) is 17.1. The van der Waals surface area contributed by atoms with Gasteiger partial charge in [0.2, 0.25) is 5.91 Å². The molecule has 3 rings (SSSR count). The lowest BCUT2D eigenvalue weighted by Crippen LogP contribution is -2.42. The molecule has 0 saturated carbocycles. The minimum absolute atomic E-state index is 0.0112. The van der Waals surface area contributed by atoms with E-state index in [0.29, 0.717) is 12.3 Å². The smallest absolute Gasteiger partial charge is 0.226 e. The molecule has 1 unspecified atom stereocenters. The number of aromatic nitrogens is 4. The van der Waals surface area contributed by atoms with Crippen molar-refractivity contribution in [1.29, 1.82) is 0 Å². The molecule has 1 atom stereocenters. The van der Waals surface area contributed by atoms with Crippen LogP contribution in [0.15, 0.2) is 43.2 Å². The van der Waals surface area contributed by atoms with Crippen LogP contribution in [0.5, 0.6) is 0 Å². The van der Waals surface area contributed by atoms with E-state index >= 15 is 0 Å². The van der Waals surface area contributed by atoms with Crippen LogP contribution in [0.3, 0.4) is 0 Å². The van der Waals surface area contributed by atoms with Crippen molar-refractivity contribution in [2.45, 2.75) is 39.8 Å². The molecule has 126 valence electrons. The highest BCUT2D eigenvalue weighted by atomic mass is 16.1. The fraction of sp³-hybridized carbons (Fsp3) is 0.389. The molecule has 1 amide bonds. The van der Waals surface area contributed by atoms with Gasteiger partial charge in [0.1, 0.15) is 5.65 Å². The largest absolute Gasteiger partial charge is 0.351 e. The Hall–Kier alpha value is -2.63. The van der Waals surface area contributed by atoms with Crippen molar-refractivity contribution in [2.75, 3.05) is 0 Å². The van der Waals surface area contributed by atoms with Gasteiger partial charge < -0.3 is 14.3 Å². The van der Waals surface area contributed by atoms with Crippen molar-refractivity contribution in [3.8, 4) is 0 Å². The van der Waals surface area contributed by atoms with E-state index in [0.717, 1.165) is 23.4 Å². The number of hydrogen-bond acceptors (Lipinski definition) is 3. The van der Waals surface area contributed by atoms with Crippen LogP contribution in [0.4, 0.5) is 0 Å². The van der Waals surface area contributed by atoms with Crippen LogP contribution in [-0.2, 0) is 17.8 Å². The maximum atomic E-state index is 12.5. The van der Waals surface area contributed by atoms with E-state index in [1.807, 2.05) is 40.4 Å².